The number of rotatable bonds is 2. The summed E-state index contributed by atoms with van der Waals surface area (Å²) in [4.78, 5) is 12.0. The first-order chi connectivity index (χ1) is 10.2. The number of hydrogen-bond donors (Lipinski definition) is 2. The Morgan fingerprint density at radius 1 is 1.14 bits per heavy atom. The van der Waals surface area contributed by atoms with E-state index in [0.29, 0.717) is 23.8 Å². The van der Waals surface area contributed by atoms with Crippen LogP contribution in [0.2, 0.25) is 0 Å². The highest BCUT2D eigenvalue weighted by Gasteiger charge is 2.32. The van der Waals surface area contributed by atoms with Gasteiger partial charge in [-0.2, -0.15) is 13.2 Å². The molecule has 0 atom stereocenters. The van der Waals surface area contributed by atoms with E-state index in [2.05, 4.69) is 5.32 Å². The standard InChI is InChI=1S/C15H11F4NO2/c1-8-6-10(21)3-5-13(8)20-14(22)11-7-9(15(17,18)19)2-4-12(11)16/h2-7,21H,1H3,(H,20,22). The first kappa shape index (κ1) is 15.8. The average molecular weight is 313 g/mol. The average Bonchev–Trinajstić information content (AvgIpc) is 2.41. The molecule has 2 rings (SSSR count). The van der Waals surface area contributed by atoms with E-state index in [9.17, 15) is 27.5 Å². The van der Waals surface area contributed by atoms with Crippen molar-refractivity contribution in [2.45, 2.75) is 13.1 Å². The van der Waals surface area contributed by atoms with E-state index >= 15 is 0 Å². The van der Waals surface area contributed by atoms with Crippen LogP contribution < -0.4 is 5.32 Å². The van der Waals surface area contributed by atoms with Crippen LogP contribution in [0.25, 0.3) is 0 Å². The number of phenolic OH excluding ortho intramolecular Hbond substituents is 1. The van der Waals surface area contributed by atoms with Gasteiger partial charge in [0.05, 0.1) is 11.1 Å². The van der Waals surface area contributed by atoms with Gasteiger partial charge in [-0.1, -0.05) is 0 Å². The molecule has 116 valence electrons. The van der Waals surface area contributed by atoms with E-state index in [0.717, 1.165) is 0 Å². The van der Waals surface area contributed by atoms with Crippen LogP contribution in [0, 0.1) is 12.7 Å². The second-order valence-corrected chi connectivity index (χ2v) is 4.65. The zero-order valence-electron chi connectivity index (χ0n) is 11.3. The summed E-state index contributed by atoms with van der Waals surface area (Å²) in [6.45, 7) is 1.58. The fourth-order valence-electron chi connectivity index (χ4n) is 1.85. The molecule has 1 amide bonds. The zero-order chi connectivity index (χ0) is 16.5. The van der Waals surface area contributed by atoms with Gasteiger partial charge in [0.25, 0.3) is 5.91 Å². The molecule has 2 N–H and O–H groups in total. The van der Waals surface area contributed by atoms with E-state index in [1.807, 2.05) is 0 Å². The molecule has 0 aliphatic rings. The van der Waals surface area contributed by atoms with Gasteiger partial charge >= 0.3 is 6.18 Å². The van der Waals surface area contributed by atoms with Crippen LogP contribution in [0.1, 0.15) is 21.5 Å². The number of anilines is 1. The summed E-state index contributed by atoms with van der Waals surface area (Å²) < 4.78 is 51.5. The lowest BCUT2D eigenvalue weighted by atomic mass is 10.1. The van der Waals surface area contributed by atoms with Crippen LogP contribution in [-0.4, -0.2) is 11.0 Å². The lowest BCUT2D eigenvalue weighted by molar-refractivity contribution is -0.137. The van der Waals surface area contributed by atoms with Crippen LogP contribution in [0.3, 0.4) is 0 Å². The first-order valence-electron chi connectivity index (χ1n) is 6.16. The number of amides is 1. The summed E-state index contributed by atoms with van der Waals surface area (Å²) >= 11 is 0. The number of halogens is 4. The van der Waals surface area contributed by atoms with Crippen molar-refractivity contribution in [3.05, 3.63) is 58.9 Å². The minimum Gasteiger partial charge on any atom is -0.508 e. The van der Waals surface area contributed by atoms with Gasteiger partial charge < -0.3 is 10.4 Å². The maximum absolute atomic E-state index is 13.6. The summed E-state index contributed by atoms with van der Waals surface area (Å²) in [7, 11) is 0. The van der Waals surface area contributed by atoms with Crippen LogP contribution in [0.5, 0.6) is 5.75 Å². The third kappa shape index (κ3) is 3.36. The number of phenols is 1. The Morgan fingerprint density at radius 2 is 1.82 bits per heavy atom. The highest BCUT2D eigenvalue weighted by atomic mass is 19.4. The van der Waals surface area contributed by atoms with Crippen LogP contribution in [0.4, 0.5) is 23.2 Å². The van der Waals surface area contributed by atoms with Gasteiger partial charge in [-0.05, 0) is 48.9 Å². The molecule has 0 spiro atoms. The first-order valence-corrected chi connectivity index (χ1v) is 6.16. The second kappa shape index (κ2) is 5.67. The van der Waals surface area contributed by atoms with E-state index < -0.39 is 29.0 Å². The number of aryl methyl sites for hydroxylation is 1. The van der Waals surface area contributed by atoms with Gasteiger partial charge in [-0.3, -0.25) is 4.79 Å². The third-order valence-electron chi connectivity index (χ3n) is 3.00. The fourth-order valence-corrected chi connectivity index (χ4v) is 1.85. The fraction of sp³-hybridized carbons (Fsp3) is 0.133. The van der Waals surface area contributed by atoms with Gasteiger partial charge in [0.1, 0.15) is 11.6 Å². The number of carbonyl (C=O) groups is 1. The van der Waals surface area contributed by atoms with Gasteiger partial charge in [0.15, 0.2) is 0 Å². The maximum atomic E-state index is 13.6. The predicted molar refractivity (Wildman–Crippen MR) is 72.2 cm³/mol. The van der Waals surface area contributed by atoms with Crippen molar-refractivity contribution in [2.24, 2.45) is 0 Å². The molecule has 0 heterocycles. The van der Waals surface area contributed by atoms with Crippen molar-refractivity contribution in [3.8, 4) is 5.75 Å². The molecule has 2 aromatic carbocycles. The van der Waals surface area contributed by atoms with Gasteiger partial charge in [0, 0.05) is 5.69 Å². The molecule has 0 aliphatic carbocycles. The second-order valence-electron chi connectivity index (χ2n) is 4.65. The summed E-state index contributed by atoms with van der Waals surface area (Å²) in [5.41, 5.74) is -1.07. The quantitative estimate of drug-likeness (QED) is 0.647. The number of aromatic hydroxyl groups is 1. The lowest BCUT2D eigenvalue weighted by Crippen LogP contribution is -2.16. The van der Waals surface area contributed by atoms with Gasteiger partial charge in [0.2, 0.25) is 0 Å². The minimum atomic E-state index is -4.67. The van der Waals surface area contributed by atoms with Crippen LogP contribution >= 0.6 is 0 Å². The lowest BCUT2D eigenvalue weighted by Gasteiger charge is -2.11. The topological polar surface area (TPSA) is 49.3 Å². The molecule has 0 bridgehead atoms. The SMILES string of the molecule is Cc1cc(O)ccc1NC(=O)c1cc(C(F)(F)F)ccc1F. The molecule has 0 radical (unpaired) electrons. The van der Waals surface area contributed by atoms with Crippen LogP contribution in [-0.2, 0) is 6.18 Å². The monoisotopic (exact) mass is 313 g/mol. The van der Waals surface area contributed by atoms with Crippen molar-refractivity contribution < 1.29 is 27.5 Å². The molecule has 2 aromatic rings. The number of nitrogens with one attached hydrogen (secondary N) is 1. The molecule has 7 heteroatoms. The smallest absolute Gasteiger partial charge is 0.416 e. The van der Waals surface area contributed by atoms with Crippen molar-refractivity contribution >= 4 is 11.6 Å². The number of hydrogen-bond acceptors (Lipinski definition) is 2. The zero-order valence-corrected chi connectivity index (χ0v) is 11.3. The highest BCUT2D eigenvalue weighted by molar-refractivity contribution is 6.05. The maximum Gasteiger partial charge on any atom is 0.416 e. The summed E-state index contributed by atoms with van der Waals surface area (Å²) in [5, 5.41) is 11.6. The molecule has 0 unspecified atom stereocenters. The van der Waals surface area contributed by atoms with Gasteiger partial charge in [-0.25, -0.2) is 4.39 Å². The Kier molecular flexibility index (Phi) is 4.07. The number of alkyl halides is 3. The van der Waals surface area contributed by atoms with E-state index in [1.165, 1.54) is 18.2 Å². The van der Waals surface area contributed by atoms with E-state index in [4.69, 9.17) is 0 Å². The minimum absolute atomic E-state index is 0.0271. The highest BCUT2D eigenvalue weighted by Crippen LogP contribution is 2.30. The van der Waals surface area contributed by atoms with Crippen molar-refractivity contribution in [2.75, 3.05) is 5.32 Å². The van der Waals surface area contributed by atoms with Crippen molar-refractivity contribution in [3.63, 3.8) is 0 Å². The Balaban J connectivity index is 2.33. The van der Waals surface area contributed by atoms with E-state index in [1.54, 1.807) is 6.92 Å². The van der Waals surface area contributed by atoms with Crippen LogP contribution in [0.15, 0.2) is 36.4 Å². The molecule has 0 fully saturated rings. The van der Waals surface area contributed by atoms with Crippen molar-refractivity contribution in [1.29, 1.82) is 0 Å². The molecule has 0 aliphatic heterocycles. The third-order valence-corrected chi connectivity index (χ3v) is 3.00. The Morgan fingerprint density at radius 3 is 2.41 bits per heavy atom. The molecule has 3 nitrogen and oxygen atoms in total. The van der Waals surface area contributed by atoms with Gasteiger partial charge in [-0.15, -0.1) is 0 Å². The summed E-state index contributed by atoms with van der Waals surface area (Å²) in [6.07, 6.45) is -4.67. The summed E-state index contributed by atoms with van der Waals surface area (Å²) in [5.74, 6) is -2.08. The number of carbonyl (C=O) groups excluding carboxylic acids is 1. The van der Waals surface area contributed by atoms with Crippen molar-refractivity contribution in [1.82, 2.24) is 0 Å². The molecule has 0 saturated carbocycles. The predicted octanol–water partition coefficient (Wildman–Crippen LogP) is 4.11. The Labute approximate surface area is 123 Å². The molecular formula is C15H11F4NO2. The molecule has 0 saturated heterocycles. The Hall–Kier alpha value is -2.57. The molecular weight excluding hydrogens is 302 g/mol. The normalized spacial score (nSPS) is 11.3. The van der Waals surface area contributed by atoms with E-state index in [-0.39, 0.29) is 11.4 Å². The molecule has 0 aromatic heterocycles. The Bertz CT molecular complexity index is 726. The largest absolute Gasteiger partial charge is 0.508 e. The number of benzene rings is 2. The molecule has 22 heavy (non-hydrogen) atoms. The summed E-state index contributed by atoms with van der Waals surface area (Å²) in [6, 6.07) is 5.65.